The Morgan fingerprint density at radius 2 is 1.95 bits per heavy atom. The first-order valence-corrected chi connectivity index (χ1v) is 8.32. The van der Waals surface area contributed by atoms with E-state index in [1.54, 1.807) is 6.92 Å². The molecule has 0 aromatic carbocycles. The molecule has 2 fully saturated rings. The van der Waals surface area contributed by atoms with Crippen LogP contribution in [0, 0.1) is 23.2 Å². The van der Waals surface area contributed by atoms with Crippen LogP contribution in [0.1, 0.15) is 53.4 Å². The Morgan fingerprint density at radius 3 is 2.50 bits per heavy atom. The van der Waals surface area contributed by atoms with Gasteiger partial charge in [-0.05, 0) is 38.5 Å². The van der Waals surface area contributed by atoms with Crippen molar-refractivity contribution in [3.8, 4) is 0 Å². The predicted molar refractivity (Wildman–Crippen MR) is 82.0 cm³/mol. The fraction of sp³-hybridized carbons (Fsp3) is 0.941. The number of hydrogen-bond donors (Lipinski definition) is 3. The molecule has 7 atom stereocenters. The van der Waals surface area contributed by atoms with Crippen LogP contribution in [0.25, 0.3) is 0 Å². The number of carbonyl (C=O) groups excluding carboxylic acids is 1. The lowest BCUT2D eigenvalue weighted by molar-refractivity contribution is -0.230. The van der Waals surface area contributed by atoms with Crippen LogP contribution in [0.3, 0.4) is 0 Å². The summed E-state index contributed by atoms with van der Waals surface area (Å²) in [7, 11) is 0. The molecule has 0 saturated heterocycles. The van der Waals surface area contributed by atoms with Crippen molar-refractivity contribution in [1.82, 2.24) is 0 Å². The van der Waals surface area contributed by atoms with E-state index in [2.05, 4.69) is 0 Å². The summed E-state index contributed by atoms with van der Waals surface area (Å²) >= 11 is 0. The van der Waals surface area contributed by atoms with Crippen molar-refractivity contribution in [2.24, 2.45) is 23.2 Å². The quantitative estimate of drug-likeness (QED) is 0.687. The number of aliphatic hydroxyl groups excluding tert-OH is 2. The van der Waals surface area contributed by atoms with Gasteiger partial charge in [0.15, 0.2) is 0 Å². The number of ether oxygens (including phenoxy) is 1. The van der Waals surface area contributed by atoms with E-state index < -0.39 is 23.2 Å². The zero-order valence-electron chi connectivity index (χ0n) is 14.1. The second kappa shape index (κ2) is 6.10. The topological polar surface area (TPSA) is 87.0 Å². The molecule has 2 rings (SSSR count). The van der Waals surface area contributed by atoms with Gasteiger partial charge in [0.25, 0.3) is 0 Å². The molecular weight excluding hydrogens is 284 g/mol. The summed E-state index contributed by atoms with van der Waals surface area (Å²) in [4.78, 5) is 11.6. The third kappa shape index (κ3) is 2.91. The molecule has 0 aliphatic heterocycles. The van der Waals surface area contributed by atoms with Crippen molar-refractivity contribution >= 4 is 5.97 Å². The Morgan fingerprint density at radius 1 is 1.32 bits per heavy atom. The van der Waals surface area contributed by atoms with Crippen molar-refractivity contribution in [2.45, 2.75) is 71.2 Å². The van der Waals surface area contributed by atoms with Crippen molar-refractivity contribution in [3.05, 3.63) is 0 Å². The van der Waals surface area contributed by atoms with Crippen LogP contribution in [0.15, 0.2) is 0 Å². The average Bonchev–Trinajstić information content (AvgIpc) is 2.42. The van der Waals surface area contributed by atoms with E-state index in [4.69, 9.17) is 4.74 Å². The molecule has 0 bridgehead atoms. The number of carbonyl (C=O) groups is 1. The molecule has 0 aromatic rings. The fourth-order valence-corrected chi connectivity index (χ4v) is 4.86. The number of rotatable bonds is 3. The standard InChI is InChI=1S/C17H30O5/c1-10(9-18)12-5-7-16(3)13(20)6-8-17(4,21)15(16)14(12)22-11(2)19/h10,12-15,18,20-21H,5-9H2,1-4H3/t10-,12-,13+,14+,15?,16-,17-/m0/s1. The van der Waals surface area contributed by atoms with E-state index in [0.29, 0.717) is 12.8 Å². The SMILES string of the molecule is CC(=O)O[C@H]1C2[C@@](C)(O)CC[C@@H](O)[C@]2(C)CC[C@H]1[C@@H](C)CO. The molecule has 5 nitrogen and oxygen atoms in total. The minimum absolute atomic E-state index is 0.00347. The lowest BCUT2D eigenvalue weighted by atomic mass is 9.50. The van der Waals surface area contributed by atoms with Gasteiger partial charge in [-0.25, -0.2) is 0 Å². The molecule has 2 aliphatic rings. The zero-order chi connectivity index (χ0) is 16.7. The zero-order valence-corrected chi connectivity index (χ0v) is 14.1. The van der Waals surface area contributed by atoms with Crippen molar-refractivity contribution in [2.75, 3.05) is 6.61 Å². The molecule has 5 heteroatoms. The molecule has 2 aliphatic carbocycles. The first kappa shape index (κ1) is 17.7. The first-order valence-electron chi connectivity index (χ1n) is 8.32. The van der Waals surface area contributed by atoms with Crippen LogP contribution in [0.2, 0.25) is 0 Å². The van der Waals surface area contributed by atoms with E-state index in [-0.39, 0.29) is 30.3 Å². The minimum Gasteiger partial charge on any atom is -0.462 e. The summed E-state index contributed by atoms with van der Waals surface area (Å²) in [6.45, 7) is 7.12. The molecule has 1 unspecified atom stereocenters. The maximum Gasteiger partial charge on any atom is 0.302 e. The van der Waals surface area contributed by atoms with Gasteiger partial charge in [0, 0.05) is 30.8 Å². The van der Waals surface area contributed by atoms with E-state index >= 15 is 0 Å². The lowest BCUT2D eigenvalue weighted by Gasteiger charge is -2.59. The van der Waals surface area contributed by atoms with Gasteiger partial charge >= 0.3 is 5.97 Å². The summed E-state index contributed by atoms with van der Waals surface area (Å²) < 4.78 is 5.62. The molecule has 22 heavy (non-hydrogen) atoms. The number of hydrogen-bond acceptors (Lipinski definition) is 5. The molecule has 3 N–H and O–H groups in total. The minimum atomic E-state index is -0.984. The fourth-order valence-electron chi connectivity index (χ4n) is 4.86. The van der Waals surface area contributed by atoms with Crippen LogP contribution in [0.4, 0.5) is 0 Å². The third-order valence-electron chi connectivity index (χ3n) is 6.15. The van der Waals surface area contributed by atoms with Gasteiger partial charge in [-0.3, -0.25) is 4.79 Å². The molecule has 0 heterocycles. The second-order valence-electron chi connectivity index (χ2n) is 7.83. The predicted octanol–water partition coefficient (Wildman–Crippen LogP) is 1.48. The Labute approximate surface area is 132 Å². The number of aliphatic hydroxyl groups is 3. The lowest BCUT2D eigenvalue weighted by Crippen LogP contribution is -2.64. The van der Waals surface area contributed by atoms with E-state index in [1.807, 2.05) is 13.8 Å². The maximum atomic E-state index is 11.6. The molecular formula is C17H30O5. The summed E-state index contributed by atoms with van der Waals surface area (Å²) in [6.07, 6.45) is 1.63. The van der Waals surface area contributed by atoms with Crippen molar-refractivity contribution in [1.29, 1.82) is 0 Å². The van der Waals surface area contributed by atoms with Crippen LogP contribution in [0.5, 0.6) is 0 Å². The summed E-state index contributed by atoms with van der Waals surface area (Å²) in [5, 5.41) is 31.0. The average molecular weight is 314 g/mol. The highest BCUT2D eigenvalue weighted by molar-refractivity contribution is 5.66. The van der Waals surface area contributed by atoms with Gasteiger partial charge in [-0.1, -0.05) is 13.8 Å². The van der Waals surface area contributed by atoms with Crippen molar-refractivity contribution in [3.63, 3.8) is 0 Å². The van der Waals surface area contributed by atoms with Crippen LogP contribution >= 0.6 is 0 Å². The molecule has 128 valence electrons. The highest BCUT2D eigenvalue weighted by Crippen LogP contribution is 2.57. The first-order chi connectivity index (χ1) is 10.1. The smallest absolute Gasteiger partial charge is 0.302 e. The van der Waals surface area contributed by atoms with E-state index in [0.717, 1.165) is 12.8 Å². The Kier molecular flexibility index (Phi) is 4.91. The largest absolute Gasteiger partial charge is 0.462 e. The van der Waals surface area contributed by atoms with Gasteiger partial charge in [-0.2, -0.15) is 0 Å². The second-order valence-corrected chi connectivity index (χ2v) is 7.83. The summed E-state index contributed by atoms with van der Waals surface area (Å²) in [5.41, 5.74) is -1.45. The summed E-state index contributed by atoms with van der Waals surface area (Å²) in [5.74, 6) is -0.701. The molecule has 0 amide bonds. The highest BCUT2D eigenvalue weighted by Gasteiger charge is 2.60. The van der Waals surface area contributed by atoms with Gasteiger partial charge in [0.2, 0.25) is 0 Å². The van der Waals surface area contributed by atoms with E-state index in [1.165, 1.54) is 6.92 Å². The molecule has 2 saturated carbocycles. The Hall–Kier alpha value is -0.650. The monoisotopic (exact) mass is 314 g/mol. The Bertz CT molecular complexity index is 421. The Balaban J connectivity index is 2.43. The van der Waals surface area contributed by atoms with Gasteiger partial charge in [0.05, 0.1) is 11.7 Å². The maximum absolute atomic E-state index is 11.6. The van der Waals surface area contributed by atoms with Crippen molar-refractivity contribution < 1.29 is 24.9 Å². The third-order valence-corrected chi connectivity index (χ3v) is 6.15. The van der Waals surface area contributed by atoms with Gasteiger partial charge < -0.3 is 20.1 Å². The van der Waals surface area contributed by atoms with E-state index in [9.17, 15) is 20.1 Å². The van der Waals surface area contributed by atoms with Crippen LogP contribution < -0.4 is 0 Å². The molecule has 0 aromatic heterocycles. The summed E-state index contributed by atoms with van der Waals surface area (Å²) in [6, 6.07) is 0. The van der Waals surface area contributed by atoms with Gasteiger partial charge in [-0.15, -0.1) is 0 Å². The normalized spacial score (nSPS) is 46.7. The van der Waals surface area contributed by atoms with Gasteiger partial charge in [0.1, 0.15) is 6.10 Å². The van der Waals surface area contributed by atoms with Crippen LogP contribution in [-0.4, -0.2) is 45.7 Å². The number of fused-ring (bicyclic) bond motifs is 1. The highest BCUT2D eigenvalue weighted by atomic mass is 16.5. The van der Waals surface area contributed by atoms with Crippen LogP contribution in [-0.2, 0) is 9.53 Å². The molecule has 0 radical (unpaired) electrons. The molecule has 0 spiro atoms. The number of esters is 1.